The van der Waals surface area contributed by atoms with Crippen molar-refractivity contribution in [3.63, 3.8) is 0 Å². The number of rotatable bonds is 7. The quantitative estimate of drug-likeness (QED) is 0.852. The third-order valence-electron chi connectivity index (χ3n) is 4.15. The van der Waals surface area contributed by atoms with Crippen molar-refractivity contribution in [2.45, 2.75) is 46.3 Å². The summed E-state index contributed by atoms with van der Waals surface area (Å²) >= 11 is 0. The van der Waals surface area contributed by atoms with E-state index < -0.39 is 0 Å². The maximum Gasteiger partial charge on any atom is 0.0843 e. The first-order valence-electron chi connectivity index (χ1n) is 7.91. The average molecular weight is 288 g/mol. The molecule has 1 heterocycles. The maximum atomic E-state index is 6.13. The van der Waals surface area contributed by atoms with Gasteiger partial charge in [-0.25, -0.2) is 0 Å². The Hall–Kier alpha value is -1.39. The highest BCUT2D eigenvalue weighted by Crippen LogP contribution is 2.19. The SMILES string of the molecule is CCn1nc(CN(C)CCC(N)C(C)C)c2ccccc21. The Bertz CT molecular complexity index is 573. The van der Waals surface area contributed by atoms with Crippen molar-refractivity contribution in [1.29, 1.82) is 0 Å². The molecule has 0 aliphatic carbocycles. The first kappa shape index (κ1) is 16.0. The summed E-state index contributed by atoms with van der Waals surface area (Å²) < 4.78 is 2.08. The number of hydrogen-bond donors (Lipinski definition) is 1. The molecule has 4 heteroatoms. The van der Waals surface area contributed by atoms with Gasteiger partial charge in [0.25, 0.3) is 0 Å². The third kappa shape index (κ3) is 3.83. The van der Waals surface area contributed by atoms with Crippen LogP contribution in [-0.2, 0) is 13.1 Å². The van der Waals surface area contributed by atoms with E-state index in [0.717, 1.165) is 31.7 Å². The predicted octanol–water partition coefficient (Wildman–Crippen LogP) is 2.86. The molecular formula is C17H28N4. The van der Waals surface area contributed by atoms with E-state index in [1.54, 1.807) is 0 Å². The van der Waals surface area contributed by atoms with Gasteiger partial charge in [-0.05, 0) is 38.9 Å². The number of nitrogens with zero attached hydrogens (tertiary/aromatic N) is 3. The van der Waals surface area contributed by atoms with Crippen molar-refractivity contribution >= 4 is 10.9 Å². The Labute approximate surface area is 127 Å². The van der Waals surface area contributed by atoms with Crippen LogP contribution in [0, 0.1) is 5.92 Å². The zero-order valence-electron chi connectivity index (χ0n) is 13.7. The molecule has 0 aliphatic rings. The molecular weight excluding hydrogens is 260 g/mol. The van der Waals surface area contributed by atoms with Crippen molar-refractivity contribution in [3.8, 4) is 0 Å². The Kier molecular flexibility index (Phi) is 5.37. The lowest BCUT2D eigenvalue weighted by Gasteiger charge is -2.20. The lowest BCUT2D eigenvalue weighted by atomic mass is 10.0. The molecule has 0 fully saturated rings. The molecule has 4 nitrogen and oxygen atoms in total. The van der Waals surface area contributed by atoms with Gasteiger partial charge in [-0.15, -0.1) is 0 Å². The van der Waals surface area contributed by atoms with Gasteiger partial charge in [-0.3, -0.25) is 4.68 Å². The Balaban J connectivity index is 2.06. The van der Waals surface area contributed by atoms with Gasteiger partial charge < -0.3 is 10.6 Å². The summed E-state index contributed by atoms with van der Waals surface area (Å²) in [5.74, 6) is 0.540. The molecule has 1 unspecified atom stereocenters. The highest BCUT2D eigenvalue weighted by Gasteiger charge is 2.13. The van der Waals surface area contributed by atoms with E-state index in [1.165, 1.54) is 10.9 Å². The van der Waals surface area contributed by atoms with Gasteiger partial charge in [-0.2, -0.15) is 5.10 Å². The van der Waals surface area contributed by atoms with Crippen LogP contribution >= 0.6 is 0 Å². The highest BCUT2D eigenvalue weighted by atomic mass is 15.3. The molecule has 0 saturated carbocycles. The molecule has 2 rings (SSSR count). The van der Waals surface area contributed by atoms with Gasteiger partial charge in [0.15, 0.2) is 0 Å². The lowest BCUT2D eigenvalue weighted by Crippen LogP contribution is -2.31. The number of aromatic nitrogens is 2. The molecule has 2 aromatic rings. The monoisotopic (exact) mass is 288 g/mol. The van der Waals surface area contributed by atoms with Crippen molar-refractivity contribution in [3.05, 3.63) is 30.0 Å². The molecule has 1 aromatic heterocycles. The summed E-state index contributed by atoms with van der Waals surface area (Å²) in [4.78, 5) is 2.32. The Morgan fingerprint density at radius 3 is 2.67 bits per heavy atom. The maximum absolute atomic E-state index is 6.13. The summed E-state index contributed by atoms with van der Waals surface area (Å²) in [5.41, 5.74) is 8.51. The molecule has 1 atom stereocenters. The molecule has 0 aliphatic heterocycles. The minimum Gasteiger partial charge on any atom is -0.327 e. The van der Waals surface area contributed by atoms with E-state index in [4.69, 9.17) is 10.8 Å². The summed E-state index contributed by atoms with van der Waals surface area (Å²) in [5, 5.41) is 6.02. The normalized spacial score (nSPS) is 13.5. The largest absolute Gasteiger partial charge is 0.327 e. The average Bonchev–Trinajstić information content (AvgIpc) is 2.83. The predicted molar refractivity (Wildman–Crippen MR) is 89.2 cm³/mol. The minimum absolute atomic E-state index is 0.275. The molecule has 0 amide bonds. The zero-order chi connectivity index (χ0) is 15.4. The van der Waals surface area contributed by atoms with Gasteiger partial charge in [0, 0.05) is 24.5 Å². The highest BCUT2D eigenvalue weighted by molar-refractivity contribution is 5.81. The summed E-state index contributed by atoms with van der Waals surface area (Å²) in [7, 11) is 2.15. The fourth-order valence-electron chi connectivity index (χ4n) is 2.59. The van der Waals surface area contributed by atoms with E-state index in [-0.39, 0.29) is 6.04 Å². The van der Waals surface area contributed by atoms with E-state index in [9.17, 15) is 0 Å². The van der Waals surface area contributed by atoms with Gasteiger partial charge in [0.2, 0.25) is 0 Å². The van der Waals surface area contributed by atoms with Crippen molar-refractivity contribution in [1.82, 2.24) is 14.7 Å². The molecule has 0 radical (unpaired) electrons. The number of benzene rings is 1. The first-order valence-corrected chi connectivity index (χ1v) is 7.91. The van der Waals surface area contributed by atoms with Gasteiger partial charge in [-0.1, -0.05) is 32.0 Å². The number of para-hydroxylation sites is 1. The van der Waals surface area contributed by atoms with Crippen molar-refractivity contribution in [2.24, 2.45) is 11.7 Å². The van der Waals surface area contributed by atoms with Gasteiger partial charge in [0.05, 0.1) is 11.2 Å². The summed E-state index contributed by atoms with van der Waals surface area (Å²) in [6.45, 7) is 9.28. The van der Waals surface area contributed by atoms with Crippen LogP contribution in [0.2, 0.25) is 0 Å². The van der Waals surface area contributed by atoms with Crippen LogP contribution in [0.4, 0.5) is 0 Å². The van der Waals surface area contributed by atoms with E-state index in [1.807, 2.05) is 0 Å². The molecule has 0 bridgehead atoms. The second-order valence-electron chi connectivity index (χ2n) is 6.21. The van der Waals surface area contributed by atoms with Gasteiger partial charge in [0.1, 0.15) is 0 Å². The molecule has 116 valence electrons. The van der Waals surface area contributed by atoms with Crippen molar-refractivity contribution in [2.75, 3.05) is 13.6 Å². The smallest absolute Gasteiger partial charge is 0.0843 e. The molecule has 21 heavy (non-hydrogen) atoms. The number of aryl methyl sites for hydroxylation is 1. The van der Waals surface area contributed by atoms with Gasteiger partial charge >= 0.3 is 0 Å². The molecule has 0 saturated heterocycles. The van der Waals surface area contributed by atoms with Crippen LogP contribution in [0.15, 0.2) is 24.3 Å². The zero-order valence-corrected chi connectivity index (χ0v) is 13.7. The molecule has 0 spiro atoms. The number of hydrogen-bond acceptors (Lipinski definition) is 3. The van der Waals surface area contributed by atoms with E-state index >= 15 is 0 Å². The Morgan fingerprint density at radius 2 is 2.00 bits per heavy atom. The second kappa shape index (κ2) is 7.05. The number of nitrogens with two attached hydrogens (primary N) is 1. The fourth-order valence-corrected chi connectivity index (χ4v) is 2.59. The van der Waals surface area contributed by atoms with Crippen LogP contribution < -0.4 is 5.73 Å². The standard InChI is InChI=1S/C17H28N4/c1-5-21-17-9-7-6-8-14(17)16(19-21)12-20(4)11-10-15(18)13(2)3/h6-9,13,15H,5,10-12,18H2,1-4H3. The van der Waals surface area contributed by atoms with Crippen LogP contribution in [0.3, 0.4) is 0 Å². The van der Waals surface area contributed by atoms with Crippen LogP contribution in [0.25, 0.3) is 10.9 Å². The van der Waals surface area contributed by atoms with E-state index in [2.05, 4.69) is 61.7 Å². The summed E-state index contributed by atoms with van der Waals surface area (Å²) in [6.07, 6.45) is 1.03. The first-order chi connectivity index (χ1) is 10.0. The fraction of sp³-hybridized carbons (Fsp3) is 0.588. The van der Waals surface area contributed by atoms with Crippen LogP contribution in [-0.4, -0.2) is 34.3 Å². The van der Waals surface area contributed by atoms with Crippen molar-refractivity contribution < 1.29 is 0 Å². The Morgan fingerprint density at radius 1 is 1.29 bits per heavy atom. The summed E-state index contributed by atoms with van der Waals surface area (Å²) in [6, 6.07) is 8.74. The second-order valence-corrected chi connectivity index (χ2v) is 6.21. The molecule has 2 N–H and O–H groups in total. The minimum atomic E-state index is 0.275. The lowest BCUT2D eigenvalue weighted by molar-refractivity contribution is 0.293. The third-order valence-corrected chi connectivity index (χ3v) is 4.15. The molecule has 1 aromatic carbocycles. The topological polar surface area (TPSA) is 47.1 Å². The number of fused-ring (bicyclic) bond motifs is 1. The van der Waals surface area contributed by atoms with Crippen LogP contribution in [0.1, 0.15) is 32.9 Å². The van der Waals surface area contributed by atoms with Crippen LogP contribution in [0.5, 0.6) is 0 Å². The van der Waals surface area contributed by atoms with E-state index in [0.29, 0.717) is 5.92 Å².